The number of nitrogens with zero attached hydrogens (tertiary/aromatic N) is 6. The van der Waals surface area contributed by atoms with E-state index in [9.17, 15) is 4.79 Å². The Bertz CT molecular complexity index is 1310. The van der Waals surface area contributed by atoms with Crippen molar-refractivity contribution in [3.05, 3.63) is 46.1 Å². The summed E-state index contributed by atoms with van der Waals surface area (Å²) < 4.78 is 5.64. The first-order valence-electron chi connectivity index (χ1n) is 13.5. The van der Waals surface area contributed by atoms with Crippen LogP contribution in [0.2, 0.25) is 10.0 Å². The van der Waals surface area contributed by atoms with Crippen LogP contribution in [0.4, 0.5) is 17.5 Å². The highest BCUT2D eigenvalue weighted by Crippen LogP contribution is 2.32. The maximum absolute atomic E-state index is 13.1. The topological polar surface area (TPSA) is 117 Å². The Hall–Kier alpha value is -3.08. The van der Waals surface area contributed by atoms with E-state index in [-0.39, 0.29) is 5.91 Å². The molecule has 12 heteroatoms. The Balaban J connectivity index is 1.20. The van der Waals surface area contributed by atoms with Gasteiger partial charge < -0.3 is 25.3 Å². The number of benzene rings is 1. The van der Waals surface area contributed by atoms with E-state index in [2.05, 4.69) is 37.2 Å². The van der Waals surface area contributed by atoms with Gasteiger partial charge in [0.05, 0.1) is 16.1 Å². The maximum atomic E-state index is 13.1. The van der Waals surface area contributed by atoms with Gasteiger partial charge in [-0.2, -0.15) is 0 Å². The number of pyridine rings is 1. The van der Waals surface area contributed by atoms with Gasteiger partial charge in [0.15, 0.2) is 0 Å². The van der Waals surface area contributed by atoms with Crippen LogP contribution in [0.5, 0.6) is 0 Å². The van der Waals surface area contributed by atoms with Gasteiger partial charge in [0.1, 0.15) is 5.82 Å². The number of likely N-dealkylation sites (tertiary alicyclic amines) is 1. The van der Waals surface area contributed by atoms with Gasteiger partial charge in [-0.1, -0.05) is 35.2 Å². The molecule has 2 aromatic heterocycles. The largest absolute Gasteiger partial charge is 0.403 e. The fraction of sp³-hybridized carbons (Fsp3) is 0.481. The average Bonchev–Trinajstić information content (AvgIpc) is 3.41. The van der Waals surface area contributed by atoms with E-state index >= 15 is 0 Å². The highest BCUT2D eigenvalue weighted by molar-refractivity contribution is 6.33. The van der Waals surface area contributed by atoms with E-state index in [0.29, 0.717) is 70.5 Å². The standard InChI is InChI=1S/C27H34Cl2N8O2/c1-3-19-16-36(24-22(29)13-17(15-32-24)25-33-34-27(39-25)31-4-2)11-12-37(19)20-7-9-35(10-8-20)26(38)21-6-5-18(28)14-23(21)30/h5-6,13-15,19-20H,3-4,7-12,16,30H2,1-2H3,(H,31,34)/t19-/m0/s1. The highest BCUT2D eigenvalue weighted by Gasteiger charge is 2.35. The zero-order valence-electron chi connectivity index (χ0n) is 22.2. The van der Waals surface area contributed by atoms with E-state index < -0.39 is 0 Å². The third-order valence-electron chi connectivity index (χ3n) is 7.59. The molecule has 2 aliphatic heterocycles. The van der Waals surface area contributed by atoms with Crippen molar-refractivity contribution in [1.82, 2.24) is 25.0 Å². The van der Waals surface area contributed by atoms with E-state index in [1.807, 2.05) is 17.9 Å². The Morgan fingerprint density at radius 3 is 2.62 bits per heavy atom. The molecule has 0 radical (unpaired) electrons. The minimum absolute atomic E-state index is 0.0259. The van der Waals surface area contributed by atoms with Crippen LogP contribution < -0.4 is 16.0 Å². The van der Waals surface area contributed by atoms with Gasteiger partial charge in [-0.15, -0.1) is 5.10 Å². The molecular formula is C27H34Cl2N8O2. The summed E-state index contributed by atoms with van der Waals surface area (Å²) in [6.45, 7) is 8.88. The number of hydrogen-bond acceptors (Lipinski definition) is 9. The summed E-state index contributed by atoms with van der Waals surface area (Å²) >= 11 is 12.7. The molecule has 1 atom stereocenters. The molecule has 3 N–H and O–H groups in total. The number of piperazine rings is 1. The first-order valence-corrected chi connectivity index (χ1v) is 14.2. The van der Waals surface area contributed by atoms with Gasteiger partial charge in [-0.25, -0.2) is 4.98 Å². The second-order valence-corrected chi connectivity index (χ2v) is 10.8. The lowest BCUT2D eigenvalue weighted by Gasteiger charge is -2.47. The minimum atomic E-state index is -0.0259. The van der Waals surface area contributed by atoms with E-state index in [0.717, 1.165) is 44.7 Å². The van der Waals surface area contributed by atoms with Gasteiger partial charge in [0.25, 0.3) is 11.8 Å². The summed E-state index contributed by atoms with van der Waals surface area (Å²) in [6.07, 6.45) is 4.62. The predicted octanol–water partition coefficient (Wildman–Crippen LogP) is 4.66. The van der Waals surface area contributed by atoms with Crippen molar-refractivity contribution < 1.29 is 9.21 Å². The van der Waals surface area contributed by atoms with Crippen molar-refractivity contribution in [2.45, 2.75) is 45.2 Å². The molecule has 0 unspecified atom stereocenters. The van der Waals surface area contributed by atoms with Gasteiger partial charge in [-0.3, -0.25) is 9.69 Å². The van der Waals surface area contributed by atoms with Crippen LogP contribution in [0, 0.1) is 0 Å². The molecule has 0 saturated carbocycles. The normalized spacial score (nSPS) is 18.9. The zero-order valence-corrected chi connectivity index (χ0v) is 23.8. The number of nitrogens with two attached hydrogens (primary N) is 1. The smallest absolute Gasteiger partial charge is 0.315 e. The molecule has 0 spiro atoms. The number of nitrogens with one attached hydrogen (secondary N) is 1. The lowest BCUT2D eigenvalue weighted by Crippen LogP contribution is -2.58. The maximum Gasteiger partial charge on any atom is 0.315 e. The van der Waals surface area contributed by atoms with E-state index in [1.54, 1.807) is 24.4 Å². The summed E-state index contributed by atoms with van der Waals surface area (Å²) in [4.78, 5) is 24.5. The zero-order chi connectivity index (χ0) is 27.5. The molecule has 2 aliphatic rings. The van der Waals surface area contributed by atoms with Crippen LogP contribution in [0.3, 0.4) is 0 Å². The third-order valence-corrected chi connectivity index (χ3v) is 8.10. The Labute approximate surface area is 238 Å². The number of rotatable bonds is 7. The SMILES string of the molecule is CCNc1nnc(-c2cnc(N3CCN(C4CCN(C(=O)c5ccc(Cl)cc5N)CC4)[C@@H](CC)C3)c(Cl)c2)o1. The number of amides is 1. The van der Waals surface area contributed by atoms with Crippen LogP contribution >= 0.6 is 23.2 Å². The van der Waals surface area contributed by atoms with Gasteiger partial charge in [-0.05, 0) is 50.5 Å². The van der Waals surface area contributed by atoms with Crippen molar-refractivity contribution >= 4 is 46.6 Å². The Kier molecular flexibility index (Phi) is 8.44. The van der Waals surface area contributed by atoms with E-state index in [4.69, 9.17) is 33.4 Å². The fourth-order valence-corrected chi connectivity index (χ4v) is 6.01. The van der Waals surface area contributed by atoms with E-state index in [1.165, 1.54) is 0 Å². The second kappa shape index (κ2) is 12.0. The molecule has 1 aromatic carbocycles. The molecule has 5 rings (SSSR count). The number of anilines is 3. The van der Waals surface area contributed by atoms with Crippen LogP contribution in [-0.4, -0.2) is 82.2 Å². The number of hydrogen-bond donors (Lipinski definition) is 2. The molecule has 208 valence electrons. The number of carbonyl (C=O) groups excluding carboxylic acids is 1. The molecule has 0 bridgehead atoms. The molecule has 2 saturated heterocycles. The minimum Gasteiger partial charge on any atom is -0.403 e. The lowest BCUT2D eigenvalue weighted by atomic mass is 9.97. The predicted molar refractivity (Wildman–Crippen MR) is 154 cm³/mol. The molecule has 0 aliphatic carbocycles. The number of nitrogen functional groups attached to an aromatic ring is 1. The molecule has 2 fully saturated rings. The average molecular weight is 574 g/mol. The number of piperidine rings is 1. The van der Waals surface area contributed by atoms with Crippen LogP contribution in [0.25, 0.3) is 11.5 Å². The summed E-state index contributed by atoms with van der Waals surface area (Å²) in [5.74, 6) is 1.12. The molecule has 39 heavy (non-hydrogen) atoms. The van der Waals surface area contributed by atoms with Gasteiger partial charge in [0.2, 0.25) is 0 Å². The van der Waals surface area contributed by atoms with Crippen molar-refractivity contribution in [1.29, 1.82) is 0 Å². The second-order valence-electron chi connectivity index (χ2n) is 9.97. The van der Waals surface area contributed by atoms with Crippen LogP contribution in [0.1, 0.15) is 43.5 Å². The quantitative estimate of drug-likeness (QED) is 0.390. The van der Waals surface area contributed by atoms with Gasteiger partial charge >= 0.3 is 6.01 Å². The van der Waals surface area contributed by atoms with Crippen molar-refractivity contribution in [3.8, 4) is 11.5 Å². The first-order chi connectivity index (χ1) is 18.9. The number of carbonyl (C=O) groups is 1. The summed E-state index contributed by atoms with van der Waals surface area (Å²) in [6, 6.07) is 8.07. The van der Waals surface area contributed by atoms with Crippen LogP contribution in [-0.2, 0) is 0 Å². The monoisotopic (exact) mass is 572 g/mol. The van der Waals surface area contributed by atoms with Crippen molar-refractivity contribution in [2.24, 2.45) is 0 Å². The Morgan fingerprint density at radius 2 is 1.92 bits per heavy atom. The fourth-order valence-electron chi connectivity index (χ4n) is 5.55. The Morgan fingerprint density at radius 1 is 1.13 bits per heavy atom. The third kappa shape index (κ3) is 5.92. The van der Waals surface area contributed by atoms with Crippen molar-refractivity contribution in [2.75, 3.05) is 55.2 Å². The molecule has 4 heterocycles. The van der Waals surface area contributed by atoms with Crippen molar-refractivity contribution in [3.63, 3.8) is 0 Å². The lowest BCUT2D eigenvalue weighted by molar-refractivity contribution is 0.0491. The number of aromatic nitrogens is 3. The summed E-state index contributed by atoms with van der Waals surface area (Å²) in [5.41, 5.74) is 7.69. The highest BCUT2D eigenvalue weighted by atomic mass is 35.5. The number of halogens is 2. The van der Waals surface area contributed by atoms with Gasteiger partial charge in [0, 0.05) is 68.3 Å². The molecule has 10 nitrogen and oxygen atoms in total. The molecular weight excluding hydrogens is 539 g/mol. The first kappa shape index (κ1) is 27.5. The molecule has 1 amide bonds. The summed E-state index contributed by atoms with van der Waals surface area (Å²) in [5, 5.41) is 12.2. The summed E-state index contributed by atoms with van der Waals surface area (Å²) in [7, 11) is 0. The molecule has 3 aromatic rings. The van der Waals surface area contributed by atoms with Crippen LogP contribution in [0.15, 0.2) is 34.9 Å².